The summed E-state index contributed by atoms with van der Waals surface area (Å²) in [5.74, 6) is -0.163. The third-order valence-electron chi connectivity index (χ3n) is 2.49. The van der Waals surface area contributed by atoms with Crippen molar-refractivity contribution >= 4 is 34.2 Å². The van der Waals surface area contributed by atoms with E-state index in [9.17, 15) is 4.79 Å². The molecule has 0 aliphatic carbocycles. The summed E-state index contributed by atoms with van der Waals surface area (Å²) in [5, 5.41) is 9.39. The van der Waals surface area contributed by atoms with Crippen LogP contribution in [0.2, 0.25) is 0 Å². The van der Waals surface area contributed by atoms with Crippen LogP contribution in [0.15, 0.2) is 24.4 Å². The van der Waals surface area contributed by atoms with Crippen molar-refractivity contribution in [2.75, 3.05) is 5.32 Å². The fraction of sp³-hybridized carbons (Fsp3) is 0.167. The molecule has 88 valence electrons. The molecule has 0 fully saturated rings. The number of carbonyl (C=O) groups is 1. The summed E-state index contributed by atoms with van der Waals surface area (Å²) in [6, 6.07) is 5.89. The van der Waals surface area contributed by atoms with E-state index in [4.69, 9.17) is 0 Å². The van der Waals surface area contributed by atoms with E-state index in [1.165, 1.54) is 0 Å². The number of H-pyrrole nitrogens is 1. The van der Waals surface area contributed by atoms with Gasteiger partial charge in [0.25, 0.3) is 5.91 Å². The summed E-state index contributed by atoms with van der Waals surface area (Å²) in [6.07, 6.45) is 1.63. The highest BCUT2D eigenvalue weighted by atomic mass is 127. The highest BCUT2D eigenvalue weighted by Crippen LogP contribution is 2.18. The van der Waals surface area contributed by atoms with Gasteiger partial charge in [-0.2, -0.15) is 5.10 Å². The number of benzene rings is 1. The first-order valence-corrected chi connectivity index (χ1v) is 6.23. The Morgan fingerprint density at radius 3 is 2.71 bits per heavy atom. The maximum atomic E-state index is 11.9. The summed E-state index contributed by atoms with van der Waals surface area (Å²) in [6.45, 7) is 3.82. The molecule has 4 nitrogen and oxygen atoms in total. The minimum atomic E-state index is -0.163. The van der Waals surface area contributed by atoms with E-state index in [1.807, 2.05) is 32.0 Å². The molecule has 1 heterocycles. The van der Waals surface area contributed by atoms with Crippen molar-refractivity contribution in [2.24, 2.45) is 0 Å². The van der Waals surface area contributed by atoms with Gasteiger partial charge in [-0.05, 0) is 65.8 Å². The van der Waals surface area contributed by atoms with Crippen LogP contribution in [0.25, 0.3) is 0 Å². The molecular formula is C12H12IN3O. The second kappa shape index (κ2) is 4.87. The molecule has 2 N–H and O–H groups in total. The second-order valence-corrected chi connectivity index (χ2v) is 5.09. The highest BCUT2D eigenvalue weighted by molar-refractivity contribution is 14.1. The Kier molecular flexibility index (Phi) is 3.46. The average Bonchev–Trinajstić information content (AvgIpc) is 2.68. The van der Waals surface area contributed by atoms with Gasteiger partial charge in [-0.25, -0.2) is 0 Å². The number of hydrogen-bond donors (Lipinski definition) is 2. The van der Waals surface area contributed by atoms with Gasteiger partial charge >= 0.3 is 0 Å². The Balaban J connectivity index is 2.22. The van der Waals surface area contributed by atoms with Crippen molar-refractivity contribution in [2.45, 2.75) is 13.8 Å². The van der Waals surface area contributed by atoms with Crippen molar-refractivity contribution < 1.29 is 4.79 Å². The lowest BCUT2D eigenvalue weighted by Gasteiger charge is -2.08. The number of rotatable bonds is 2. The van der Waals surface area contributed by atoms with E-state index >= 15 is 0 Å². The molecule has 0 spiro atoms. The van der Waals surface area contributed by atoms with Crippen LogP contribution >= 0.6 is 22.6 Å². The molecule has 0 unspecified atom stereocenters. The summed E-state index contributed by atoms with van der Waals surface area (Å²) < 4.78 is 1.15. The van der Waals surface area contributed by atoms with Crippen LogP contribution in [0.1, 0.15) is 21.6 Å². The Morgan fingerprint density at radius 1 is 1.35 bits per heavy atom. The lowest BCUT2D eigenvalue weighted by Crippen LogP contribution is -2.14. The third kappa shape index (κ3) is 2.66. The average molecular weight is 341 g/mol. The normalized spacial score (nSPS) is 10.3. The molecule has 0 radical (unpaired) electrons. The van der Waals surface area contributed by atoms with Crippen LogP contribution < -0.4 is 5.32 Å². The van der Waals surface area contributed by atoms with E-state index in [-0.39, 0.29) is 5.91 Å². The largest absolute Gasteiger partial charge is 0.320 e. The smallest absolute Gasteiger partial charge is 0.273 e. The maximum Gasteiger partial charge on any atom is 0.273 e. The van der Waals surface area contributed by atoms with Crippen molar-refractivity contribution in [1.82, 2.24) is 10.2 Å². The number of aromatic amines is 1. The molecule has 0 saturated heterocycles. The van der Waals surface area contributed by atoms with E-state index in [2.05, 4.69) is 38.1 Å². The lowest BCUT2D eigenvalue weighted by atomic mass is 10.2. The first kappa shape index (κ1) is 12.1. The molecule has 1 aromatic carbocycles. The van der Waals surface area contributed by atoms with Gasteiger partial charge in [-0.3, -0.25) is 9.89 Å². The third-order valence-corrected chi connectivity index (χ3v) is 3.16. The molecule has 0 bridgehead atoms. The Hall–Kier alpha value is -1.37. The number of halogens is 1. The van der Waals surface area contributed by atoms with Gasteiger partial charge in [0.2, 0.25) is 0 Å². The SMILES string of the molecule is Cc1cc(I)ccc1NC(=O)c1[nH]ncc1C. The first-order valence-electron chi connectivity index (χ1n) is 5.15. The number of aromatic nitrogens is 2. The molecule has 5 heteroatoms. The van der Waals surface area contributed by atoms with Crippen molar-refractivity contribution in [3.05, 3.63) is 44.8 Å². The number of anilines is 1. The lowest BCUT2D eigenvalue weighted by molar-refractivity contribution is 0.102. The van der Waals surface area contributed by atoms with E-state index in [0.29, 0.717) is 5.69 Å². The molecule has 0 aliphatic rings. The van der Waals surface area contributed by atoms with E-state index in [0.717, 1.165) is 20.4 Å². The molecule has 2 aromatic rings. The van der Waals surface area contributed by atoms with Crippen LogP contribution in [0.5, 0.6) is 0 Å². The first-order chi connectivity index (χ1) is 8.08. The molecule has 0 saturated carbocycles. The Bertz CT molecular complexity index is 563. The van der Waals surface area contributed by atoms with Gasteiger partial charge in [0.05, 0.1) is 6.20 Å². The summed E-state index contributed by atoms with van der Waals surface area (Å²) in [4.78, 5) is 11.9. The predicted molar refractivity (Wildman–Crippen MR) is 75.2 cm³/mol. The van der Waals surface area contributed by atoms with Gasteiger partial charge in [0.15, 0.2) is 0 Å². The zero-order valence-electron chi connectivity index (χ0n) is 9.54. The van der Waals surface area contributed by atoms with Crippen LogP contribution in [0, 0.1) is 17.4 Å². The standard InChI is InChI=1S/C12H12IN3O/c1-7-5-9(13)3-4-10(7)15-12(17)11-8(2)6-14-16-11/h3-6H,1-2H3,(H,14,16)(H,15,17). The minimum absolute atomic E-state index is 0.163. The van der Waals surface area contributed by atoms with Crippen molar-refractivity contribution in [1.29, 1.82) is 0 Å². The second-order valence-electron chi connectivity index (χ2n) is 3.84. The molecule has 17 heavy (non-hydrogen) atoms. The minimum Gasteiger partial charge on any atom is -0.320 e. The van der Waals surface area contributed by atoms with Crippen molar-refractivity contribution in [3.63, 3.8) is 0 Å². The number of nitrogens with one attached hydrogen (secondary N) is 2. The molecule has 1 amide bonds. The summed E-state index contributed by atoms with van der Waals surface area (Å²) in [7, 11) is 0. The van der Waals surface area contributed by atoms with E-state index < -0.39 is 0 Å². The highest BCUT2D eigenvalue weighted by Gasteiger charge is 2.11. The summed E-state index contributed by atoms with van der Waals surface area (Å²) in [5.41, 5.74) is 3.21. The summed E-state index contributed by atoms with van der Waals surface area (Å²) >= 11 is 2.24. The topological polar surface area (TPSA) is 57.8 Å². The number of hydrogen-bond acceptors (Lipinski definition) is 2. The zero-order chi connectivity index (χ0) is 12.4. The van der Waals surface area contributed by atoms with Gasteiger partial charge in [0.1, 0.15) is 5.69 Å². The van der Waals surface area contributed by atoms with Crippen molar-refractivity contribution in [3.8, 4) is 0 Å². The number of carbonyl (C=O) groups excluding carboxylic acids is 1. The van der Waals surface area contributed by atoms with Gasteiger partial charge in [-0.15, -0.1) is 0 Å². The Labute approximate surface area is 113 Å². The Morgan fingerprint density at radius 2 is 2.12 bits per heavy atom. The van der Waals surface area contributed by atoms with Gasteiger partial charge in [0, 0.05) is 9.26 Å². The molecule has 1 aromatic heterocycles. The van der Waals surface area contributed by atoms with Gasteiger partial charge < -0.3 is 5.32 Å². The number of amides is 1. The van der Waals surface area contributed by atoms with Crippen LogP contribution in [-0.2, 0) is 0 Å². The number of nitrogens with zero attached hydrogens (tertiary/aromatic N) is 1. The molecular weight excluding hydrogens is 329 g/mol. The zero-order valence-corrected chi connectivity index (χ0v) is 11.7. The van der Waals surface area contributed by atoms with E-state index in [1.54, 1.807) is 6.20 Å². The van der Waals surface area contributed by atoms with Gasteiger partial charge in [-0.1, -0.05) is 0 Å². The van der Waals surface area contributed by atoms with Crippen LogP contribution in [0.3, 0.4) is 0 Å². The number of aryl methyl sites for hydroxylation is 2. The maximum absolute atomic E-state index is 11.9. The van der Waals surface area contributed by atoms with Crippen LogP contribution in [0.4, 0.5) is 5.69 Å². The monoisotopic (exact) mass is 341 g/mol. The predicted octanol–water partition coefficient (Wildman–Crippen LogP) is 2.88. The quantitative estimate of drug-likeness (QED) is 0.826. The molecule has 2 rings (SSSR count). The fourth-order valence-corrected chi connectivity index (χ4v) is 2.18. The van der Waals surface area contributed by atoms with Crippen LogP contribution in [-0.4, -0.2) is 16.1 Å². The molecule has 0 atom stereocenters. The fourth-order valence-electron chi connectivity index (χ4n) is 1.53. The molecule has 0 aliphatic heterocycles.